The van der Waals surface area contributed by atoms with Gasteiger partial charge in [0.15, 0.2) is 0 Å². The second kappa shape index (κ2) is 4.50. The summed E-state index contributed by atoms with van der Waals surface area (Å²) in [7, 11) is 1.70. The molecule has 2 aliphatic heterocycles. The number of hydrogen-bond acceptors (Lipinski definition) is 3. The van der Waals surface area contributed by atoms with Crippen molar-refractivity contribution in [1.29, 1.82) is 0 Å². The first-order valence-corrected chi connectivity index (χ1v) is 6.80. The summed E-state index contributed by atoms with van der Waals surface area (Å²) in [4.78, 5) is 0. The Hall–Kier alpha value is -0.740. The largest absolute Gasteiger partial charge is 0.497 e. The molecule has 0 amide bonds. The van der Waals surface area contributed by atoms with Gasteiger partial charge in [-0.2, -0.15) is 0 Å². The lowest BCUT2D eigenvalue weighted by Crippen LogP contribution is -2.40. The molecule has 0 aromatic heterocycles. The van der Waals surface area contributed by atoms with Crippen LogP contribution in [0.15, 0.2) is 16.6 Å². The number of halogens is 1. The van der Waals surface area contributed by atoms with Gasteiger partial charge in [-0.15, -0.1) is 0 Å². The fourth-order valence-electron chi connectivity index (χ4n) is 2.80. The molecule has 0 saturated carbocycles. The molecule has 2 heterocycles. The van der Waals surface area contributed by atoms with Crippen molar-refractivity contribution in [2.45, 2.75) is 12.3 Å². The highest BCUT2D eigenvalue weighted by Crippen LogP contribution is 2.45. The van der Waals surface area contributed by atoms with Crippen molar-refractivity contribution < 1.29 is 9.47 Å². The zero-order chi connectivity index (χ0) is 11.8. The maximum atomic E-state index is 5.89. The average molecular weight is 298 g/mol. The van der Waals surface area contributed by atoms with E-state index in [-0.39, 0.29) is 0 Å². The number of rotatable bonds is 1. The summed E-state index contributed by atoms with van der Waals surface area (Å²) in [5.41, 5.74) is 1.28. The quantitative estimate of drug-likeness (QED) is 0.864. The Morgan fingerprint density at radius 2 is 2.35 bits per heavy atom. The van der Waals surface area contributed by atoms with E-state index in [1.54, 1.807) is 7.11 Å². The van der Waals surface area contributed by atoms with Crippen molar-refractivity contribution in [2.24, 2.45) is 5.92 Å². The summed E-state index contributed by atoms with van der Waals surface area (Å²) < 4.78 is 12.2. The second-order valence-electron chi connectivity index (χ2n) is 4.70. The molecule has 92 valence electrons. The van der Waals surface area contributed by atoms with Gasteiger partial charge in [0.1, 0.15) is 11.5 Å². The number of piperidine rings is 1. The van der Waals surface area contributed by atoms with Crippen LogP contribution in [0.2, 0.25) is 0 Å². The van der Waals surface area contributed by atoms with Crippen molar-refractivity contribution in [1.82, 2.24) is 5.32 Å². The minimum atomic E-state index is 0.555. The molecule has 0 spiro atoms. The molecular weight excluding hydrogens is 282 g/mol. The molecule has 3 nitrogen and oxygen atoms in total. The van der Waals surface area contributed by atoms with E-state index in [1.807, 2.05) is 6.07 Å². The van der Waals surface area contributed by atoms with Crippen LogP contribution in [0.3, 0.4) is 0 Å². The Morgan fingerprint density at radius 3 is 3.18 bits per heavy atom. The molecule has 0 aliphatic carbocycles. The van der Waals surface area contributed by atoms with Gasteiger partial charge in [0.05, 0.1) is 18.2 Å². The maximum absolute atomic E-state index is 5.89. The molecule has 0 unspecified atom stereocenters. The number of benzene rings is 1. The highest BCUT2D eigenvalue weighted by atomic mass is 79.9. The normalized spacial score (nSPS) is 26.7. The third-order valence-corrected chi connectivity index (χ3v) is 4.34. The van der Waals surface area contributed by atoms with Crippen molar-refractivity contribution in [3.8, 4) is 11.5 Å². The Balaban J connectivity index is 2.05. The monoisotopic (exact) mass is 297 g/mol. The van der Waals surface area contributed by atoms with Crippen molar-refractivity contribution >= 4 is 15.9 Å². The number of nitrogens with one attached hydrogen (secondary N) is 1. The van der Waals surface area contributed by atoms with Gasteiger partial charge in [0, 0.05) is 23.9 Å². The predicted octanol–water partition coefficient (Wildman–Crippen LogP) is 2.54. The van der Waals surface area contributed by atoms with E-state index in [1.165, 1.54) is 12.0 Å². The van der Waals surface area contributed by atoms with E-state index in [4.69, 9.17) is 9.47 Å². The molecule has 1 saturated heterocycles. The summed E-state index contributed by atoms with van der Waals surface area (Å²) in [5, 5.41) is 3.47. The van der Waals surface area contributed by atoms with Gasteiger partial charge in [0.2, 0.25) is 0 Å². The Morgan fingerprint density at radius 1 is 1.47 bits per heavy atom. The molecule has 17 heavy (non-hydrogen) atoms. The molecule has 3 rings (SSSR count). The fraction of sp³-hybridized carbons (Fsp3) is 0.538. The summed E-state index contributed by atoms with van der Waals surface area (Å²) in [6.07, 6.45) is 1.19. The molecule has 0 radical (unpaired) electrons. The van der Waals surface area contributed by atoms with Crippen LogP contribution in [0.1, 0.15) is 17.9 Å². The molecule has 1 aromatic carbocycles. The highest BCUT2D eigenvalue weighted by Gasteiger charge is 2.34. The number of ether oxygens (including phenoxy) is 2. The van der Waals surface area contributed by atoms with Crippen LogP contribution in [-0.4, -0.2) is 26.8 Å². The first-order valence-electron chi connectivity index (χ1n) is 6.00. The van der Waals surface area contributed by atoms with Crippen LogP contribution < -0.4 is 14.8 Å². The van der Waals surface area contributed by atoms with E-state index < -0.39 is 0 Å². The van der Waals surface area contributed by atoms with Crippen LogP contribution in [0.25, 0.3) is 0 Å². The van der Waals surface area contributed by atoms with Gasteiger partial charge in [-0.3, -0.25) is 0 Å². The van der Waals surface area contributed by atoms with Crippen LogP contribution in [0, 0.1) is 5.92 Å². The van der Waals surface area contributed by atoms with Gasteiger partial charge in [0.25, 0.3) is 0 Å². The minimum absolute atomic E-state index is 0.555. The zero-order valence-corrected chi connectivity index (χ0v) is 11.4. The average Bonchev–Trinajstić information content (AvgIpc) is 2.38. The maximum Gasteiger partial charge on any atom is 0.137 e. The molecule has 1 fully saturated rings. The first kappa shape index (κ1) is 11.4. The summed E-state index contributed by atoms with van der Waals surface area (Å²) in [5.74, 6) is 3.09. The fourth-order valence-corrected chi connectivity index (χ4v) is 3.37. The topological polar surface area (TPSA) is 30.5 Å². The lowest BCUT2D eigenvalue weighted by atomic mass is 9.80. The van der Waals surface area contributed by atoms with Crippen molar-refractivity contribution in [2.75, 3.05) is 26.8 Å². The van der Waals surface area contributed by atoms with Crippen LogP contribution >= 0.6 is 15.9 Å². The van der Waals surface area contributed by atoms with Gasteiger partial charge in [-0.25, -0.2) is 0 Å². The van der Waals surface area contributed by atoms with E-state index in [2.05, 4.69) is 27.3 Å². The lowest BCUT2D eigenvalue weighted by Gasteiger charge is -2.37. The summed E-state index contributed by atoms with van der Waals surface area (Å²) >= 11 is 3.56. The molecule has 0 bridgehead atoms. The van der Waals surface area contributed by atoms with Crippen LogP contribution in [0.5, 0.6) is 11.5 Å². The standard InChI is InChI=1S/C13H16BrNO2/c1-16-9-4-10-11-6-15-3-2-8(11)7-17-13(10)12(14)5-9/h4-5,8,11,15H,2-3,6-7H2,1H3/t8-,11-/m0/s1. The minimum Gasteiger partial charge on any atom is -0.497 e. The van der Waals surface area contributed by atoms with Crippen LogP contribution in [-0.2, 0) is 0 Å². The van der Waals surface area contributed by atoms with E-state index in [9.17, 15) is 0 Å². The summed E-state index contributed by atoms with van der Waals surface area (Å²) in [6.45, 7) is 2.98. The smallest absolute Gasteiger partial charge is 0.137 e. The van der Waals surface area contributed by atoms with Crippen molar-refractivity contribution in [3.05, 3.63) is 22.2 Å². The molecule has 2 atom stereocenters. The van der Waals surface area contributed by atoms with Crippen LogP contribution in [0.4, 0.5) is 0 Å². The summed E-state index contributed by atoms with van der Waals surface area (Å²) in [6, 6.07) is 4.08. The second-order valence-corrected chi connectivity index (χ2v) is 5.55. The highest BCUT2D eigenvalue weighted by molar-refractivity contribution is 9.10. The Labute approximate surface area is 110 Å². The molecule has 1 N–H and O–H groups in total. The van der Waals surface area contributed by atoms with Crippen molar-refractivity contribution in [3.63, 3.8) is 0 Å². The van der Waals surface area contributed by atoms with Gasteiger partial charge < -0.3 is 14.8 Å². The van der Waals surface area contributed by atoms with Gasteiger partial charge in [-0.1, -0.05) is 0 Å². The zero-order valence-electron chi connectivity index (χ0n) is 9.83. The lowest BCUT2D eigenvalue weighted by molar-refractivity contribution is 0.163. The first-order chi connectivity index (χ1) is 8.29. The van der Waals surface area contributed by atoms with Gasteiger partial charge in [-0.05, 0) is 41.0 Å². The Bertz CT molecular complexity index is 436. The van der Waals surface area contributed by atoms with E-state index >= 15 is 0 Å². The number of hydrogen-bond donors (Lipinski definition) is 1. The van der Waals surface area contributed by atoms with E-state index in [0.29, 0.717) is 11.8 Å². The number of fused-ring (bicyclic) bond motifs is 3. The molecule has 1 aromatic rings. The van der Waals surface area contributed by atoms with Gasteiger partial charge >= 0.3 is 0 Å². The third kappa shape index (κ3) is 1.93. The number of methoxy groups -OCH3 is 1. The predicted molar refractivity (Wildman–Crippen MR) is 69.9 cm³/mol. The molecular formula is C13H16BrNO2. The molecule has 4 heteroatoms. The van der Waals surface area contributed by atoms with E-state index in [0.717, 1.165) is 35.7 Å². The Kier molecular flexibility index (Phi) is 3.01. The third-order valence-electron chi connectivity index (χ3n) is 3.75. The SMILES string of the molecule is COc1cc(Br)c2c(c1)[C@H]1CNCC[C@H]1CO2. The molecule has 2 aliphatic rings.